The van der Waals surface area contributed by atoms with Crippen molar-refractivity contribution < 1.29 is 22.7 Å². The molecule has 0 bridgehead atoms. The second-order valence-corrected chi connectivity index (χ2v) is 8.84. The van der Waals surface area contributed by atoms with E-state index in [1.54, 1.807) is 24.4 Å². The quantitative estimate of drug-likeness (QED) is 0.349. The second-order valence-electron chi connectivity index (χ2n) is 8.84. The highest BCUT2D eigenvalue weighted by Crippen LogP contribution is 2.38. The number of ether oxygens (including phenoxy) is 1. The lowest BCUT2D eigenvalue weighted by Gasteiger charge is -2.16. The molecule has 0 saturated carbocycles. The zero-order valence-corrected chi connectivity index (χ0v) is 20.6. The van der Waals surface area contributed by atoms with Crippen molar-refractivity contribution in [3.05, 3.63) is 65.6 Å². The van der Waals surface area contributed by atoms with Crippen molar-refractivity contribution in [1.82, 2.24) is 19.9 Å². The zero-order valence-electron chi connectivity index (χ0n) is 20.6. The molecular formula is C26H24F3N7O2. The average Bonchev–Trinajstić information content (AvgIpc) is 3.44. The van der Waals surface area contributed by atoms with Gasteiger partial charge in [-0.05, 0) is 55.7 Å². The first-order valence-electron chi connectivity index (χ1n) is 11.9. The van der Waals surface area contributed by atoms with Crippen LogP contribution < -0.4 is 20.3 Å². The number of halogens is 3. The number of hydrogen-bond donors (Lipinski definition) is 2. The topological polar surface area (TPSA) is 105 Å². The molecule has 1 amide bonds. The summed E-state index contributed by atoms with van der Waals surface area (Å²) in [5.41, 5.74) is 1.78. The Hall–Kier alpha value is -4.48. The van der Waals surface area contributed by atoms with E-state index in [-0.39, 0.29) is 17.0 Å². The molecule has 196 valence electrons. The van der Waals surface area contributed by atoms with Gasteiger partial charge in [0.1, 0.15) is 23.1 Å². The SMILES string of the molecule is COc1ccc(NC(=O)c2ccc(C)c(Nc3ncnc4cnc(N5CCCC5)nc34)c2)cc1C(F)(F)F. The monoisotopic (exact) mass is 523 g/mol. The Balaban J connectivity index is 1.41. The lowest BCUT2D eigenvalue weighted by Crippen LogP contribution is -2.20. The molecule has 0 aliphatic carbocycles. The summed E-state index contributed by atoms with van der Waals surface area (Å²) in [5.74, 6) is 0.155. The molecule has 2 N–H and O–H groups in total. The third kappa shape index (κ3) is 5.15. The summed E-state index contributed by atoms with van der Waals surface area (Å²) in [5, 5.41) is 5.76. The fourth-order valence-corrected chi connectivity index (χ4v) is 4.24. The molecule has 0 atom stereocenters. The van der Waals surface area contributed by atoms with Gasteiger partial charge in [0.15, 0.2) is 5.82 Å². The number of alkyl halides is 3. The number of benzene rings is 2. The molecule has 0 unspecified atom stereocenters. The van der Waals surface area contributed by atoms with E-state index in [0.717, 1.165) is 44.7 Å². The minimum atomic E-state index is -4.63. The lowest BCUT2D eigenvalue weighted by molar-refractivity contribution is -0.138. The first kappa shape index (κ1) is 25.2. The molecule has 12 heteroatoms. The number of nitrogens with one attached hydrogen (secondary N) is 2. The van der Waals surface area contributed by atoms with Gasteiger partial charge in [-0.1, -0.05) is 6.07 Å². The Labute approximate surface area is 216 Å². The van der Waals surface area contributed by atoms with Crippen LogP contribution in [0.2, 0.25) is 0 Å². The van der Waals surface area contributed by atoms with Crippen molar-refractivity contribution in [2.24, 2.45) is 0 Å². The third-order valence-corrected chi connectivity index (χ3v) is 6.27. The van der Waals surface area contributed by atoms with E-state index in [1.807, 2.05) is 6.92 Å². The lowest BCUT2D eigenvalue weighted by atomic mass is 10.1. The van der Waals surface area contributed by atoms with E-state index in [2.05, 4.69) is 35.5 Å². The van der Waals surface area contributed by atoms with Crippen LogP contribution in [0.15, 0.2) is 48.9 Å². The fourth-order valence-electron chi connectivity index (χ4n) is 4.24. The Bertz CT molecular complexity index is 1500. The van der Waals surface area contributed by atoms with Crippen LogP contribution in [0.4, 0.5) is 36.3 Å². The van der Waals surface area contributed by atoms with E-state index in [4.69, 9.17) is 4.74 Å². The molecule has 1 aliphatic heterocycles. The van der Waals surface area contributed by atoms with Crippen molar-refractivity contribution in [2.45, 2.75) is 25.9 Å². The van der Waals surface area contributed by atoms with Gasteiger partial charge in [-0.25, -0.2) is 19.9 Å². The number of methoxy groups -OCH3 is 1. The average molecular weight is 524 g/mol. The molecule has 3 heterocycles. The maximum atomic E-state index is 13.4. The first-order chi connectivity index (χ1) is 18.2. The highest BCUT2D eigenvalue weighted by molar-refractivity contribution is 6.05. The summed E-state index contributed by atoms with van der Waals surface area (Å²) in [6, 6.07) is 8.30. The van der Waals surface area contributed by atoms with Crippen LogP contribution in [0.3, 0.4) is 0 Å². The summed E-state index contributed by atoms with van der Waals surface area (Å²) >= 11 is 0. The molecule has 0 radical (unpaired) electrons. The van der Waals surface area contributed by atoms with E-state index < -0.39 is 17.6 Å². The van der Waals surface area contributed by atoms with Crippen LogP contribution in [0.5, 0.6) is 5.75 Å². The van der Waals surface area contributed by atoms with E-state index in [1.165, 1.54) is 18.5 Å². The van der Waals surface area contributed by atoms with Crippen LogP contribution in [0.25, 0.3) is 11.0 Å². The molecule has 0 spiro atoms. The molecule has 1 fully saturated rings. The summed E-state index contributed by atoms with van der Waals surface area (Å²) in [6.45, 7) is 3.63. The van der Waals surface area contributed by atoms with Crippen LogP contribution in [-0.4, -0.2) is 46.0 Å². The first-order valence-corrected chi connectivity index (χ1v) is 11.9. The molecular weight excluding hydrogens is 499 g/mol. The number of carbonyl (C=O) groups is 1. The smallest absolute Gasteiger partial charge is 0.420 e. The molecule has 2 aromatic carbocycles. The number of amides is 1. The molecule has 5 rings (SSSR count). The Morgan fingerprint density at radius 3 is 2.58 bits per heavy atom. The van der Waals surface area contributed by atoms with Gasteiger partial charge in [0.05, 0.1) is 18.9 Å². The van der Waals surface area contributed by atoms with Gasteiger partial charge in [0, 0.05) is 30.0 Å². The third-order valence-electron chi connectivity index (χ3n) is 6.27. The highest BCUT2D eigenvalue weighted by Gasteiger charge is 2.34. The summed E-state index contributed by atoms with van der Waals surface area (Å²) in [6.07, 6.45) is 0.590. The van der Waals surface area contributed by atoms with Gasteiger partial charge >= 0.3 is 6.18 Å². The minimum Gasteiger partial charge on any atom is -0.496 e. The summed E-state index contributed by atoms with van der Waals surface area (Å²) < 4.78 is 44.9. The molecule has 9 nitrogen and oxygen atoms in total. The molecule has 1 aliphatic rings. The standard InChI is InChI=1S/C26H24F3N7O2/c1-15-5-6-16(24(37)33-17-7-8-21(38-2)18(12-17)26(27,28)29)11-19(15)34-23-22-20(31-14-32-23)13-30-25(35-22)36-9-3-4-10-36/h5-8,11-14H,3-4,9-10H2,1-2H3,(H,33,37)(H,31,32,34). The maximum absolute atomic E-state index is 13.4. The minimum absolute atomic E-state index is 0.00820. The van der Waals surface area contributed by atoms with E-state index >= 15 is 0 Å². The van der Waals surface area contributed by atoms with Crippen molar-refractivity contribution in [3.63, 3.8) is 0 Å². The summed E-state index contributed by atoms with van der Waals surface area (Å²) in [4.78, 5) is 32.8. The number of aryl methyl sites for hydroxylation is 1. The van der Waals surface area contributed by atoms with Crippen molar-refractivity contribution >= 4 is 40.1 Å². The maximum Gasteiger partial charge on any atom is 0.420 e. The molecule has 1 saturated heterocycles. The van der Waals surface area contributed by atoms with E-state index in [0.29, 0.717) is 28.5 Å². The van der Waals surface area contributed by atoms with Crippen molar-refractivity contribution in [2.75, 3.05) is 35.7 Å². The predicted octanol–water partition coefficient (Wildman–Crippen LogP) is 5.35. The summed E-state index contributed by atoms with van der Waals surface area (Å²) in [7, 11) is 1.16. The number of carbonyl (C=O) groups excluding carboxylic acids is 1. The number of fused-ring (bicyclic) bond motifs is 1. The van der Waals surface area contributed by atoms with Gasteiger partial charge in [0.2, 0.25) is 5.95 Å². The number of nitrogens with zero attached hydrogens (tertiary/aromatic N) is 5. The number of anilines is 4. The van der Waals surface area contributed by atoms with E-state index in [9.17, 15) is 18.0 Å². The van der Waals surface area contributed by atoms with Crippen LogP contribution in [0.1, 0.15) is 34.3 Å². The van der Waals surface area contributed by atoms with Gasteiger partial charge in [-0.2, -0.15) is 13.2 Å². The van der Waals surface area contributed by atoms with Crippen LogP contribution >= 0.6 is 0 Å². The predicted molar refractivity (Wildman–Crippen MR) is 137 cm³/mol. The van der Waals surface area contributed by atoms with Crippen molar-refractivity contribution in [3.8, 4) is 5.75 Å². The Kier molecular flexibility index (Phi) is 6.70. The van der Waals surface area contributed by atoms with Crippen LogP contribution in [-0.2, 0) is 6.18 Å². The number of rotatable bonds is 6. The normalized spacial score (nSPS) is 13.6. The second kappa shape index (κ2) is 10.1. The Morgan fingerprint density at radius 1 is 1.05 bits per heavy atom. The molecule has 4 aromatic rings. The molecule has 38 heavy (non-hydrogen) atoms. The molecule has 2 aromatic heterocycles. The van der Waals surface area contributed by atoms with Crippen LogP contribution in [0, 0.1) is 6.92 Å². The largest absolute Gasteiger partial charge is 0.496 e. The van der Waals surface area contributed by atoms with Gasteiger partial charge in [0.25, 0.3) is 5.91 Å². The highest BCUT2D eigenvalue weighted by atomic mass is 19.4. The van der Waals surface area contributed by atoms with Gasteiger partial charge in [-0.3, -0.25) is 4.79 Å². The number of aromatic nitrogens is 4. The Morgan fingerprint density at radius 2 is 1.84 bits per heavy atom. The van der Waals surface area contributed by atoms with Gasteiger partial charge < -0.3 is 20.3 Å². The zero-order chi connectivity index (χ0) is 26.9. The van der Waals surface area contributed by atoms with Gasteiger partial charge in [-0.15, -0.1) is 0 Å². The fraction of sp³-hybridized carbons (Fsp3) is 0.269. The number of hydrogen-bond acceptors (Lipinski definition) is 8. The van der Waals surface area contributed by atoms with Crippen molar-refractivity contribution in [1.29, 1.82) is 0 Å².